The van der Waals surface area contributed by atoms with Crippen molar-refractivity contribution in [2.45, 2.75) is 13.5 Å². The quantitative estimate of drug-likeness (QED) is 0.306. The Bertz CT molecular complexity index is 1270. The van der Waals surface area contributed by atoms with Crippen molar-refractivity contribution in [1.29, 1.82) is 0 Å². The zero-order chi connectivity index (χ0) is 22.7. The van der Waals surface area contributed by atoms with E-state index >= 15 is 0 Å². The van der Waals surface area contributed by atoms with E-state index in [0.29, 0.717) is 17.1 Å². The van der Waals surface area contributed by atoms with Crippen LogP contribution in [0.3, 0.4) is 0 Å². The first-order valence-corrected chi connectivity index (χ1v) is 10.5. The van der Waals surface area contributed by atoms with E-state index in [0.717, 1.165) is 46.4 Å². The van der Waals surface area contributed by atoms with Gasteiger partial charge in [-0.15, -0.1) is 0 Å². The van der Waals surface area contributed by atoms with Crippen LogP contribution in [0.1, 0.15) is 17.0 Å². The summed E-state index contributed by atoms with van der Waals surface area (Å²) in [6.45, 7) is 3.61. The van der Waals surface area contributed by atoms with E-state index in [1.165, 1.54) is 5.01 Å². The number of hydrogen-bond donors (Lipinski definition) is 3. The molecule has 4 rings (SSSR count). The van der Waals surface area contributed by atoms with Crippen LogP contribution in [0.15, 0.2) is 61.1 Å². The van der Waals surface area contributed by atoms with Gasteiger partial charge in [0, 0.05) is 53.8 Å². The third-order valence-corrected chi connectivity index (χ3v) is 5.28. The Morgan fingerprint density at radius 2 is 1.97 bits per heavy atom. The average molecular weight is 429 g/mol. The summed E-state index contributed by atoms with van der Waals surface area (Å²) in [6, 6.07) is 13.9. The van der Waals surface area contributed by atoms with Gasteiger partial charge in [-0.3, -0.25) is 14.6 Å². The summed E-state index contributed by atoms with van der Waals surface area (Å²) in [7, 11) is 3.70. The van der Waals surface area contributed by atoms with Crippen LogP contribution in [-0.4, -0.2) is 45.4 Å². The Hall–Kier alpha value is -3.75. The van der Waals surface area contributed by atoms with Gasteiger partial charge in [0.05, 0.1) is 35.3 Å². The van der Waals surface area contributed by atoms with E-state index in [2.05, 4.69) is 32.5 Å². The van der Waals surface area contributed by atoms with E-state index in [1.54, 1.807) is 7.05 Å². The van der Waals surface area contributed by atoms with Gasteiger partial charge in [-0.05, 0) is 44.3 Å². The van der Waals surface area contributed by atoms with Gasteiger partial charge in [-0.2, -0.15) is 5.10 Å². The molecule has 0 radical (unpaired) electrons. The lowest BCUT2D eigenvalue weighted by atomic mass is 10.0. The number of aryl methyl sites for hydroxylation is 1. The summed E-state index contributed by atoms with van der Waals surface area (Å²) in [4.78, 5) is 9.19. The molecule has 3 aromatic heterocycles. The summed E-state index contributed by atoms with van der Waals surface area (Å²) in [6.07, 6.45) is 5.77. The number of aromatic nitrogens is 4. The molecular weight excluding hydrogens is 400 g/mol. The number of benzene rings is 1. The van der Waals surface area contributed by atoms with Crippen LogP contribution in [-0.2, 0) is 6.54 Å². The lowest BCUT2D eigenvalue weighted by Crippen LogP contribution is -2.27. The van der Waals surface area contributed by atoms with Crippen molar-refractivity contribution in [2.24, 2.45) is 11.6 Å². The molecule has 0 amide bonds. The van der Waals surface area contributed by atoms with E-state index in [4.69, 9.17) is 11.6 Å². The first-order valence-electron chi connectivity index (χ1n) is 10.5. The highest BCUT2D eigenvalue weighted by Crippen LogP contribution is 2.28. The summed E-state index contributed by atoms with van der Waals surface area (Å²) >= 11 is 0. The predicted molar refractivity (Wildman–Crippen MR) is 129 cm³/mol. The molecule has 0 aliphatic heterocycles. The fraction of sp³-hybridized carbons (Fsp3) is 0.208. The van der Waals surface area contributed by atoms with Crippen molar-refractivity contribution < 1.29 is 0 Å². The zero-order valence-electron chi connectivity index (χ0n) is 18.6. The number of likely N-dealkylation sites (N-methyl/N-ethyl adjacent to an activating group) is 1. The first kappa shape index (κ1) is 21.5. The molecule has 0 spiro atoms. The molecule has 1 aromatic carbocycles. The number of hydrogen-bond acceptors (Lipinski definition) is 7. The monoisotopic (exact) mass is 428 g/mol. The van der Waals surface area contributed by atoms with Gasteiger partial charge in [0.25, 0.3) is 0 Å². The number of nitrogens with two attached hydrogens (primary N) is 2. The van der Waals surface area contributed by atoms with Crippen molar-refractivity contribution >= 4 is 22.3 Å². The molecule has 164 valence electrons. The Balaban J connectivity index is 1.76. The van der Waals surface area contributed by atoms with Crippen molar-refractivity contribution in [3.63, 3.8) is 0 Å². The number of nitrogens with one attached hydrogen (secondary N) is 1. The second-order valence-electron chi connectivity index (χ2n) is 7.76. The molecule has 0 saturated carbocycles. The average Bonchev–Trinajstić information content (AvgIpc) is 3.26. The lowest BCUT2D eigenvalue weighted by molar-refractivity contribution is 0.511. The molecule has 0 aliphatic carbocycles. The zero-order valence-corrected chi connectivity index (χ0v) is 18.6. The van der Waals surface area contributed by atoms with Crippen LogP contribution in [0.25, 0.3) is 33.4 Å². The molecule has 3 heterocycles. The molecular formula is C24H28N8. The topological polar surface area (TPSA) is 111 Å². The van der Waals surface area contributed by atoms with E-state index in [-0.39, 0.29) is 0 Å². The Morgan fingerprint density at radius 3 is 2.72 bits per heavy atom. The second-order valence-corrected chi connectivity index (χ2v) is 7.76. The number of hydrazine groups is 1. The fourth-order valence-electron chi connectivity index (χ4n) is 3.66. The standard InChI is InChI=1S/C24H28N8/c1-16-5-4-6-22(30-16)23(25)24(31(3)26)17-7-8-21-18(11-17)12-19(13-28-21)20-14-29-32(15-20)10-9-27-2/h4-8,11-15,27H,9-10,25-26H2,1-3H3/b24-23-. The number of fused-ring (bicyclic) bond motifs is 1. The van der Waals surface area contributed by atoms with Gasteiger partial charge in [0.1, 0.15) is 0 Å². The number of nitrogens with zero attached hydrogens (tertiary/aromatic N) is 5. The van der Waals surface area contributed by atoms with Gasteiger partial charge < -0.3 is 16.1 Å². The molecule has 8 heteroatoms. The molecule has 0 fully saturated rings. The second kappa shape index (κ2) is 9.17. The molecule has 32 heavy (non-hydrogen) atoms. The minimum absolute atomic E-state index is 0.521. The van der Waals surface area contributed by atoms with Crippen LogP contribution in [0.4, 0.5) is 0 Å². The molecule has 0 atom stereocenters. The minimum Gasteiger partial charge on any atom is -0.395 e. The summed E-state index contributed by atoms with van der Waals surface area (Å²) in [5.74, 6) is 6.19. The Morgan fingerprint density at radius 1 is 1.12 bits per heavy atom. The maximum atomic E-state index is 6.51. The highest BCUT2D eigenvalue weighted by Gasteiger charge is 2.14. The maximum absolute atomic E-state index is 6.51. The minimum atomic E-state index is 0.521. The van der Waals surface area contributed by atoms with Gasteiger partial charge in [0.15, 0.2) is 0 Å². The van der Waals surface area contributed by atoms with Crippen molar-refractivity contribution in [3.8, 4) is 11.1 Å². The molecule has 4 aromatic rings. The normalized spacial score (nSPS) is 12.1. The Labute approximate surface area is 187 Å². The predicted octanol–water partition coefficient (Wildman–Crippen LogP) is 2.61. The Kier molecular flexibility index (Phi) is 6.16. The summed E-state index contributed by atoms with van der Waals surface area (Å²) in [5.41, 5.74) is 13.1. The van der Waals surface area contributed by atoms with Crippen LogP contribution in [0.2, 0.25) is 0 Å². The van der Waals surface area contributed by atoms with Crippen molar-refractivity contribution in [3.05, 3.63) is 78.0 Å². The highest BCUT2D eigenvalue weighted by atomic mass is 15.4. The van der Waals surface area contributed by atoms with Crippen molar-refractivity contribution in [2.75, 3.05) is 20.6 Å². The molecule has 0 aliphatic rings. The van der Waals surface area contributed by atoms with E-state index in [9.17, 15) is 0 Å². The van der Waals surface area contributed by atoms with Gasteiger partial charge >= 0.3 is 0 Å². The van der Waals surface area contributed by atoms with Gasteiger partial charge in [0.2, 0.25) is 0 Å². The SMILES string of the molecule is CNCCn1cc(-c2cnc3ccc(/C(=C(/N)c4cccc(C)n4)N(C)N)cc3c2)cn1. The lowest BCUT2D eigenvalue weighted by Gasteiger charge is -2.20. The van der Waals surface area contributed by atoms with Crippen molar-refractivity contribution in [1.82, 2.24) is 30.1 Å². The smallest absolute Gasteiger partial charge is 0.0884 e. The van der Waals surface area contributed by atoms with Crippen LogP contribution < -0.4 is 16.9 Å². The number of pyridine rings is 2. The third kappa shape index (κ3) is 4.46. The van der Waals surface area contributed by atoms with Gasteiger partial charge in [-0.25, -0.2) is 5.84 Å². The molecule has 8 nitrogen and oxygen atoms in total. The van der Waals surface area contributed by atoms with E-state index < -0.39 is 0 Å². The molecule has 5 N–H and O–H groups in total. The number of rotatable bonds is 7. The third-order valence-electron chi connectivity index (χ3n) is 5.28. The molecule has 0 saturated heterocycles. The van der Waals surface area contributed by atoms with Crippen LogP contribution >= 0.6 is 0 Å². The molecule has 0 unspecified atom stereocenters. The van der Waals surface area contributed by atoms with E-state index in [1.807, 2.05) is 67.6 Å². The molecule has 0 bridgehead atoms. The van der Waals surface area contributed by atoms with Crippen LogP contribution in [0.5, 0.6) is 0 Å². The summed E-state index contributed by atoms with van der Waals surface area (Å²) in [5, 5.41) is 10.1. The maximum Gasteiger partial charge on any atom is 0.0884 e. The largest absolute Gasteiger partial charge is 0.395 e. The highest BCUT2D eigenvalue weighted by molar-refractivity contribution is 5.92. The van der Waals surface area contributed by atoms with Crippen LogP contribution in [0, 0.1) is 6.92 Å². The first-order chi connectivity index (χ1) is 15.5. The fourth-order valence-corrected chi connectivity index (χ4v) is 3.66. The summed E-state index contributed by atoms with van der Waals surface area (Å²) < 4.78 is 1.92. The van der Waals surface area contributed by atoms with Gasteiger partial charge in [-0.1, -0.05) is 12.1 Å².